The Kier molecular flexibility index (Phi) is 8.27. The summed E-state index contributed by atoms with van der Waals surface area (Å²) in [6.07, 6.45) is 1.85. The van der Waals surface area contributed by atoms with E-state index in [2.05, 4.69) is 136 Å². The SMILES string of the molecule is C=Cc1ccc(COCc2ccc(-c3ccc(C)cc3)cc2)cc1.Cc1cccc2ccccc12. The lowest BCUT2D eigenvalue weighted by Crippen LogP contribution is -1.94. The van der Waals surface area contributed by atoms with Crippen molar-refractivity contribution in [2.75, 3.05) is 0 Å². The van der Waals surface area contributed by atoms with Gasteiger partial charge in [-0.15, -0.1) is 0 Å². The first-order valence-corrected chi connectivity index (χ1v) is 12.0. The van der Waals surface area contributed by atoms with E-state index in [1.807, 2.05) is 6.08 Å². The summed E-state index contributed by atoms with van der Waals surface area (Å²) in [4.78, 5) is 0. The van der Waals surface area contributed by atoms with E-state index in [9.17, 15) is 0 Å². The van der Waals surface area contributed by atoms with Crippen molar-refractivity contribution in [1.29, 1.82) is 0 Å². The van der Waals surface area contributed by atoms with Gasteiger partial charge in [0.25, 0.3) is 0 Å². The maximum Gasteiger partial charge on any atom is 0.0721 e. The van der Waals surface area contributed by atoms with Gasteiger partial charge in [-0.1, -0.05) is 133 Å². The standard InChI is InChI=1S/C23H22O.C11H10/c1-3-19-6-8-20(9-7-19)16-24-17-21-10-14-23(15-11-21)22-12-4-18(2)5-13-22;1-9-5-4-7-10-6-2-3-8-11(9)10/h3-15H,1,16-17H2,2H3;2-8H,1H3. The Morgan fingerprint density at radius 2 is 1.14 bits per heavy atom. The van der Waals surface area contributed by atoms with Gasteiger partial charge < -0.3 is 4.74 Å². The maximum atomic E-state index is 5.81. The minimum absolute atomic E-state index is 0.622. The zero-order valence-corrected chi connectivity index (χ0v) is 20.6. The molecule has 0 saturated heterocycles. The molecule has 0 fully saturated rings. The van der Waals surface area contributed by atoms with Crippen molar-refractivity contribution in [3.8, 4) is 11.1 Å². The molecule has 0 radical (unpaired) electrons. The Labute approximate surface area is 209 Å². The van der Waals surface area contributed by atoms with E-state index in [1.54, 1.807) is 0 Å². The van der Waals surface area contributed by atoms with Crippen molar-refractivity contribution >= 4 is 16.8 Å². The van der Waals surface area contributed by atoms with E-state index in [4.69, 9.17) is 4.74 Å². The molecule has 0 aromatic heterocycles. The zero-order chi connectivity index (χ0) is 24.5. The van der Waals surface area contributed by atoms with Gasteiger partial charge in [0, 0.05) is 0 Å². The van der Waals surface area contributed by atoms with Gasteiger partial charge in [-0.2, -0.15) is 0 Å². The highest BCUT2D eigenvalue weighted by Gasteiger charge is 2.00. The predicted molar refractivity (Wildman–Crippen MR) is 150 cm³/mol. The van der Waals surface area contributed by atoms with Crippen molar-refractivity contribution in [3.63, 3.8) is 0 Å². The smallest absolute Gasteiger partial charge is 0.0721 e. The molecular formula is C34H32O. The molecule has 1 nitrogen and oxygen atoms in total. The number of ether oxygens (including phenoxy) is 1. The van der Waals surface area contributed by atoms with Gasteiger partial charge >= 0.3 is 0 Å². The van der Waals surface area contributed by atoms with Gasteiger partial charge in [-0.05, 0) is 58.0 Å². The molecule has 174 valence electrons. The molecule has 0 N–H and O–H groups in total. The lowest BCUT2D eigenvalue weighted by molar-refractivity contribution is 0.107. The van der Waals surface area contributed by atoms with Crippen LogP contribution in [0, 0.1) is 13.8 Å². The fraction of sp³-hybridized carbons (Fsp3) is 0.118. The van der Waals surface area contributed by atoms with Crippen molar-refractivity contribution in [2.24, 2.45) is 0 Å². The molecule has 0 bridgehead atoms. The summed E-state index contributed by atoms with van der Waals surface area (Å²) in [5.74, 6) is 0. The average molecular weight is 457 g/mol. The van der Waals surface area contributed by atoms with Crippen LogP contribution >= 0.6 is 0 Å². The van der Waals surface area contributed by atoms with Gasteiger partial charge in [-0.3, -0.25) is 0 Å². The highest BCUT2D eigenvalue weighted by molar-refractivity contribution is 5.85. The normalized spacial score (nSPS) is 10.5. The number of benzene rings is 5. The summed E-state index contributed by atoms with van der Waals surface area (Å²) < 4.78 is 5.81. The van der Waals surface area contributed by atoms with E-state index in [-0.39, 0.29) is 0 Å². The van der Waals surface area contributed by atoms with Crippen LogP contribution in [-0.4, -0.2) is 0 Å². The van der Waals surface area contributed by atoms with Gasteiger partial charge in [0.1, 0.15) is 0 Å². The first kappa shape index (κ1) is 24.2. The summed E-state index contributed by atoms with van der Waals surface area (Å²) in [5.41, 5.74) is 8.61. The lowest BCUT2D eigenvalue weighted by Gasteiger charge is -2.07. The first-order chi connectivity index (χ1) is 17.1. The molecule has 0 aliphatic rings. The van der Waals surface area contributed by atoms with Crippen LogP contribution in [0.5, 0.6) is 0 Å². The molecule has 5 aromatic rings. The molecule has 0 aliphatic carbocycles. The molecule has 0 atom stereocenters. The molecule has 0 spiro atoms. The van der Waals surface area contributed by atoms with Gasteiger partial charge in [0.2, 0.25) is 0 Å². The van der Waals surface area contributed by atoms with E-state index in [0.29, 0.717) is 13.2 Å². The molecule has 0 amide bonds. The second-order valence-corrected chi connectivity index (χ2v) is 8.80. The second kappa shape index (κ2) is 12.0. The number of hydrogen-bond donors (Lipinski definition) is 0. The monoisotopic (exact) mass is 456 g/mol. The van der Waals surface area contributed by atoms with Crippen LogP contribution in [0.3, 0.4) is 0 Å². The summed E-state index contributed by atoms with van der Waals surface area (Å²) in [6, 6.07) is 40.3. The average Bonchev–Trinajstić information content (AvgIpc) is 2.91. The molecule has 0 saturated carbocycles. The van der Waals surface area contributed by atoms with Crippen LogP contribution < -0.4 is 0 Å². The van der Waals surface area contributed by atoms with Gasteiger partial charge in [0.15, 0.2) is 0 Å². The molecule has 0 aliphatic heterocycles. The Morgan fingerprint density at radius 3 is 1.74 bits per heavy atom. The number of rotatable bonds is 6. The zero-order valence-electron chi connectivity index (χ0n) is 20.6. The molecule has 5 rings (SSSR count). The predicted octanol–water partition coefficient (Wildman–Crippen LogP) is 9.17. The topological polar surface area (TPSA) is 9.23 Å². The molecular weight excluding hydrogens is 424 g/mol. The molecule has 35 heavy (non-hydrogen) atoms. The van der Waals surface area contributed by atoms with Crippen LogP contribution in [0.1, 0.15) is 27.8 Å². The highest BCUT2D eigenvalue weighted by atomic mass is 16.5. The summed E-state index contributed by atoms with van der Waals surface area (Å²) in [6.45, 7) is 9.26. The van der Waals surface area contributed by atoms with E-state index in [1.165, 1.54) is 44.2 Å². The quantitative estimate of drug-likeness (QED) is 0.247. The minimum Gasteiger partial charge on any atom is -0.372 e. The third-order valence-electron chi connectivity index (χ3n) is 6.10. The third kappa shape index (κ3) is 6.79. The fourth-order valence-corrected chi connectivity index (χ4v) is 3.96. The Morgan fingerprint density at radius 1 is 0.600 bits per heavy atom. The number of fused-ring (bicyclic) bond motifs is 1. The van der Waals surface area contributed by atoms with E-state index >= 15 is 0 Å². The Balaban J connectivity index is 0.000000218. The summed E-state index contributed by atoms with van der Waals surface area (Å²) in [7, 11) is 0. The minimum atomic E-state index is 0.622. The van der Waals surface area contributed by atoms with Crippen molar-refractivity contribution in [2.45, 2.75) is 27.1 Å². The highest BCUT2D eigenvalue weighted by Crippen LogP contribution is 2.21. The molecule has 1 heteroatoms. The van der Waals surface area contributed by atoms with Crippen molar-refractivity contribution in [3.05, 3.63) is 150 Å². The first-order valence-electron chi connectivity index (χ1n) is 12.0. The van der Waals surface area contributed by atoms with Crippen molar-refractivity contribution in [1.82, 2.24) is 0 Å². The summed E-state index contributed by atoms with van der Waals surface area (Å²) >= 11 is 0. The van der Waals surface area contributed by atoms with Crippen LogP contribution in [-0.2, 0) is 18.0 Å². The van der Waals surface area contributed by atoms with Gasteiger partial charge in [-0.25, -0.2) is 0 Å². The Bertz CT molecular complexity index is 1360. The van der Waals surface area contributed by atoms with Crippen LogP contribution in [0.15, 0.2) is 122 Å². The second-order valence-electron chi connectivity index (χ2n) is 8.80. The van der Waals surface area contributed by atoms with E-state index < -0.39 is 0 Å². The third-order valence-corrected chi connectivity index (χ3v) is 6.10. The number of hydrogen-bond acceptors (Lipinski definition) is 1. The maximum absolute atomic E-state index is 5.81. The van der Waals surface area contributed by atoms with Crippen LogP contribution in [0.2, 0.25) is 0 Å². The lowest BCUT2D eigenvalue weighted by atomic mass is 10.0. The number of aryl methyl sites for hydroxylation is 2. The largest absolute Gasteiger partial charge is 0.372 e. The van der Waals surface area contributed by atoms with Crippen LogP contribution in [0.4, 0.5) is 0 Å². The molecule has 5 aromatic carbocycles. The fourth-order valence-electron chi connectivity index (χ4n) is 3.96. The molecule has 0 heterocycles. The van der Waals surface area contributed by atoms with Crippen molar-refractivity contribution < 1.29 is 4.74 Å². The Hall–Kier alpha value is -3.94. The summed E-state index contributed by atoms with van der Waals surface area (Å²) in [5, 5.41) is 2.68. The van der Waals surface area contributed by atoms with E-state index in [0.717, 1.165) is 5.56 Å². The van der Waals surface area contributed by atoms with Crippen LogP contribution in [0.25, 0.3) is 28.0 Å². The molecule has 0 unspecified atom stereocenters. The van der Waals surface area contributed by atoms with Gasteiger partial charge in [0.05, 0.1) is 13.2 Å².